The first-order chi connectivity index (χ1) is 10.1. The lowest BCUT2D eigenvalue weighted by Crippen LogP contribution is -2.32. The predicted octanol–water partition coefficient (Wildman–Crippen LogP) is 4.22. The Morgan fingerprint density at radius 3 is 2.43 bits per heavy atom. The molecule has 1 saturated carbocycles. The summed E-state index contributed by atoms with van der Waals surface area (Å²) < 4.78 is 17.1. The van der Waals surface area contributed by atoms with Crippen LogP contribution in [-0.2, 0) is 14.2 Å². The van der Waals surface area contributed by atoms with Crippen molar-refractivity contribution in [1.29, 1.82) is 0 Å². The minimum atomic E-state index is 0.336. The van der Waals surface area contributed by atoms with Gasteiger partial charge in [-0.3, -0.25) is 0 Å². The molecule has 124 valence electrons. The molecule has 0 aromatic carbocycles. The van der Waals surface area contributed by atoms with Crippen molar-refractivity contribution in [3.8, 4) is 0 Å². The highest BCUT2D eigenvalue weighted by Gasteiger charge is 2.29. The van der Waals surface area contributed by atoms with E-state index >= 15 is 0 Å². The third kappa shape index (κ3) is 7.98. The third-order valence-electron chi connectivity index (χ3n) is 4.17. The third-order valence-corrected chi connectivity index (χ3v) is 4.17. The van der Waals surface area contributed by atoms with Crippen LogP contribution in [0.1, 0.15) is 52.9 Å². The van der Waals surface area contributed by atoms with Crippen LogP contribution in [0.2, 0.25) is 0 Å². The number of hydrogen-bond donors (Lipinski definition) is 0. The Kier molecular flexibility index (Phi) is 9.98. The first kappa shape index (κ1) is 18.7. The van der Waals surface area contributed by atoms with Crippen LogP contribution in [0.15, 0.2) is 12.2 Å². The molecule has 0 aliphatic heterocycles. The van der Waals surface area contributed by atoms with Crippen LogP contribution in [0.3, 0.4) is 0 Å². The van der Waals surface area contributed by atoms with Gasteiger partial charge in [-0.25, -0.2) is 0 Å². The molecule has 21 heavy (non-hydrogen) atoms. The van der Waals surface area contributed by atoms with Crippen molar-refractivity contribution in [1.82, 2.24) is 0 Å². The molecule has 3 heteroatoms. The van der Waals surface area contributed by atoms with Crippen molar-refractivity contribution in [2.75, 3.05) is 33.0 Å². The molecule has 0 bridgehead atoms. The van der Waals surface area contributed by atoms with Gasteiger partial charge in [0.25, 0.3) is 0 Å². The molecule has 0 aromatic heterocycles. The van der Waals surface area contributed by atoms with E-state index in [2.05, 4.69) is 27.4 Å². The molecule has 0 amide bonds. The molecular weight excluding hydrogens is 264 g/mol. The molecule has 0 N–H and O–H groups in total. The summed E-state index contributed by atoms with van der Waals surface area (Å²) >= 11 is 0. The van der Waals surface area contributed by atoms with E-state index in [1.165, 1.54) is 18.4 Å². The SMILES string of the molecule is C=C(C)C1CCC(C)CC1OCCOCCCOCCC. The zero-order valence-electron chi connectivity index (χ0n) is 14.2. The van der Waals surface area contributed by atoms with E-state index < -0.39 is 0 Å². The van der Waals surface area contributed by atoms with Gasteiger partial charge in [0.2, 0.25) is 0 Å². The number of ether oxygens (including phenoxy) is 3. The van der Waals surface area contributed by atoms with Gasteiger partial charge in [-0.15, -0.1) is 0 Å². The second-order valence-electron chi connectivity index (χ2n) is 6.36. The van der Waals surface area contributed by atoms with E-state index in [1.807, 2.05) is 0 Å². The predicted molar refractivity (Wildman–Crippen MR) is 87.6 cm³/mol. The Bertz CT molecular complexity index is 278. The smallest absolute Gasteiger partial charge is 0.0704 e. The van der Waals surface area contributed by atoms with E-state index in [0.717, 1.165) is 45.0 Å². The summed E-state index contributed by atoms with van der Waals surface area (Å²) in [5.41, 5.74) is 1.26. The summed E-state index contributed by atoms with van der Waals surface area (Å²) in [5.74, 6) is 1.30. The summed E-state index contributed by atoms with van der Waals surface area (Å²) in [6, 6.07) is 0. The molecule has 0 saturated heterocycles. The highest BCUT2D eigenvalue weighted by molar-refractivity contribution is 5.02. The number of hydrogen-bond acceptors (Lipinski definition) is 3. The first-order valence-electron chi connectivity index (χ1n) is 8.57. The maximum atomic E-state index is 6.06. The van der Waals surface area contributed by atoms with Gasteiger partial charge in [-0.1, -0.05) is 26.0 Å². The average molecular weight is 298 g/mol. The molecule has 0 heterocycles. The van der Waals surface area contributed by atoms with Gasteiger partial charge >= 0.3 is 0 Å². The van der Waals surface area contributed by atoms with Crippen molar-refractivity contribution < 1.29 is 14.2 Å². The van der Waals surface area contributed by atoms with Crippen molar-refractivity contribution in [2.45, 2.75) is 59.0 Å². The maximum absolute atomic E-state index is 6.06. The quantitative estimate of drug-likeness (QED) is 0.422. The second kappa shape index (κ2) is 11.2. The minimum Gasteiger partial charge on any atom is -0.381 e. The van der Waals surface area contributed by atoms with Gasteiger partial charge in [0.15, 0.2) is 0 Å². The second-order valence-corrected chi connectivity index (χ2v) is 6.36. The minimum absolute atomic E-state index is 0.336. The van der Waals surface area contributed by atoms with Crippen LogP contribution >= 0.6 is 0 Å². The van der Waals surface area contributed by atoms with Crippen molar-refractivity contribution in [2.24, 2.45) is 11.8 Å². The van der Waals surface area contributed by atoms with E-state index in [1.54, 1.807) is 0 Å². The van der Waals surface area contributed by atoms with E-state index in [0.29, 0.717) is 25.2 Å². The standard InChI is InChI=1S/C18H34O3/c1-5-9-19-10-6-11-20-12-13-21-18-14-16(4)7-8-17(18)15(2)3/h16-18H,2,5-14H2,1,3-4H3. The van der Waals surface area contributed by atoms with E-state index in [4.69, 9.17) is 14.2 Å². The van der Waals surface area contributed by atoms with E-state index in [-0.39, 0.29) is 0 Å². The Labute approximate surface area is 131 Å². The molecule has 0 spiro atoms. The molecule has 0 aromatic rings. The first-order valence-corrected chi connectivity index (χ1v) is 8.57. The largest absolute Gasteiger partial charge is 0.381 e. The maximum Gasteiger partial charge on any atom is 0.0704 e. The fourth-order valence-corrected chi connectivity index (χ4v) is 2.95. The van der Waals surface area contributed by atoms with Crippen LogP contribution in [0.25, 0.3) is 0 Å². The molecule has 3 unspecified atom stereocenters. The van der Waals surface area contributed by atoms with Crippen LogP contribution < -0.4 is 0 Å². The molecule has 3 atom stereocenters. The van der Waals surface area contributed by atoms with Gasteiger partial charge in [-0.2, -0.15) is 0 Å². The van der Waals surface area contributed by atoms with Gasteiger partial charge in [0.05, 0.1) is 19.3 Å². The zero-order chi connectivity index (χ0) is 15.5. The van der Waals surface area contributed by atoms with Crippen molar-refractivity contribution >= 4 is 0 Å². The molecule has 3 nitrogen and oxygen atoms in total. The van der Waals surface area contributed by atoms with Crippen LogP contribution in [0.4, 0.5) is 0 Å². The molecular formula is C18H34O3. The Morgan fingerprint density at radius 1 is 1.05 bits per heavy atom. The van der Waals surface area contributed by atoms with Crippen LogP contribution in [-0.4, -0.2) is 39.1 Å². The molecule has 0 radical (unpaired) electrons. The van der Waals surface area contributed by atoms with Crippen molar-refractivity contribution in [3.63, 3.8) is 0 Å². The fraction of sp³-hybridized carbons (Fsp3) is 0.889. The fourth-order valence-electron chi connectivity index (χ4n) is 2.95. The Hall–Kier alpha value is -0.380. The summed E-state index contributed by atoms with van der Waals surface area (Å²) in [7, 11) is 0. The lowest BCUT2D eigenvalue weighted by molar-refractivity contribution is -0.0401. The summed E-state index contributed by atoms with van der Waals surface area (Å²) in [6.07, 6.45) is 6.06. The Morgan fingerprint density at radius 2 is 1.76 bits per heavy atom. The normalized spacial score (nSPS) is 26.0. The summed E-state index contributed by atoms with van der Waals surface area (Å²) in [5, 5.41) is 0. The summed E-state index contributed by atoms with van der Waals surface area (Å²) in [6.45, 7) is 14.5. The van der Waals surface area contributed by atoms with Gasteiger partial charge < -0.3 is 14.2 Å². The van der Waals surface area contributed by atoms with Crippen LogP contribution in [0, 0.1) is 11.8 Å². The lowest BCUT2D eigenvalue weighted by atomic mass is 9.78. The zero-order valence-corrected chi connectivity index (χ0v) is 14.2. The highest BCUT2D eigenvalue weighted by atomic mass is 16.5. The summed E-state index contributed by atoms with van der Waals surface area (Å²) in [4.78, 5) is 0. The van der Waals surface area contributed by atoms with E-state index in [9.17, 15) is 0 Å². The van der Waals surface area contributed by atoms with Gasteiger partial charge in [0.1, 0.15) is 0 Å². The monoisotopic (exact) mass is 298 g/mol. The average Bonchev–Trinajstić information content (AvgIpc) is 2.45. The Balaban J connectivity index is 2.06. The lowest BCUT2D eigenvalue weighted by Gasteiger charge is -2.35. The van der Waals surface area contributed by atoms with Gasteiger partial charge in [-0.05, 0) is 44.9 Å². The molecule has 1 rings (SSSR count). The van der Waals surface area contributed by atoms with Crippen LogP contribution in [0.5, 0.6) is 0 Å². The van der Waals surface area contributed by atoms with Crippen molar-refractivity contribution in [3.05, 3.63) is 12.2 Å². The molecule has 1 aliphatic carbocycles. The molecule has 1 fully saturated rings. The molecule has 1 aliphatic rings. The van der Waals surface area contributed by atoms with Gasteiger partial charge in [0, 0.05) is 25.7 Å². The highest BCUT2D eigenvalue weighted by Crippen LogP contribution is 2.34. The topological polar surface area (TPSA) is 27.7 Å². The number of rotatable bonds is 11.